The molecule has 3 aromatic carbocycles. The van der Waals surface area contributed by atoms with Crippen LogP contribution in [0.4, 0.5) is 14.9 Å². The van der Waals surface area contributed by atoms with E-state index in [1.165, 1.54) is 28.9 Å². The van der Waals surface area contributed by atoms with E-state index in [2.05, 4.69) is 12.2 Å². The summed E-state index contributed by atoms with van der Waals surface area (Å²) in [6.45, 7) is 2.31. The number of nitrogens with zero attached hydrogens (tertiary/aromatic N) is 1. The van der Waals surface area contributed by atoms with Gasteiger partial charge in [-0.25, -0.2) is 9.18 Å². The van der Waals surface area contributed by atoms with E-state index in [1.807, 2.05) is 24.3 Å². The fourth-order valence-corrected chi connectivity index (χ4v) is 3.47. The fraction of sp³-hybridized carbons (Fsp3) is 0.154. The molecule has 0 bridgehead atoms. The van der Waals surface area contributed by atoms with Gasteiger partial charge < -0.3 is 14.6 Å². The molecule has 4 rings (SSSR count). The average molecular weight is 430 g/mol. The molecule has 0 atom stereocenters. The molecule has 1 heterocycles. The Labute approximate surface area is 185 Å². The molecule has 4 aromatic rings. The van der Waals surface area contributed by atoms with Crippen LogP contribution in [-0.4, -0.2) is 10.9 Å². The number of carbonyl (C=O) groups excluding carboxylic acids is 1. The van der Waals surface area contributed by atoms with Crippen molar-refractivity contribution >= 4 is 22.7 Å². The topological polar surface area (TPSA) is 62.6 Å². The summed E-state index contributed by atoms with van der Waals surface area (Å²) in [4.78, 5) is 27.6. The normalized spacial score (nSPS) is 10.8. The first-order chi connectivity index (χ1) is 15.5. The molecule has 0 fully saturated rings. The highest BCUT2D eigenvalue weighted by molar-refractivity contribution is 5.89. The van der Waals surface area contributed by atoms with E-state index in [9.17, 15) is 14.0 Å². The number of fused-ring (bicyclic) bond motifs is 1. The Morgan fingerprint density at radius 3 is 2.34 bits per heavy atom. The van der Waals surface area contributed by atoms with E-state index in [0.29, 0.717) is 22.2 Å². The van der Waals surface area contributed by atoms with Crippen LogP contribution in [0.15, 0.2) is 88.3 Å². The molecule has 0 aliphatic heterocycles. The lowest BCUT2D eigenvalue weighted by Gasteiger charge is -2.23. The minimum Gasteiger partial charge on any atom is -0.464 e. The molecule has 2 amide bonds. The molecule has 1 aromatic heterocycles. The molecule has 162 valence electrons. The number of halogens is 1. The van der Waals surface area contributed by atoms with Gasteiger partial charge >= 0.3 is 6.03 Å². The summed E-state index contributed by atoms with van der Waals surface area (Å²) in [6.07, 6.45) is 2.30. The summed E-state index contributed by atoms with van der Waals surface area (Å²) >= 11 is 0. The fourth-order valence-electron chi connectivity index (χ4n) is 3.47. The number of benzene rings is 3. The van der Waals surface area contributed by atoms with Crippen LogP contribution in [0.25, 0.3) is 11.0 Å². The van der Waals surface area contributed by atoms with Gasteiger partial charge in [-0.15, -0.1) is 0 Å². The number of anilines is 1. The molecule has 5 nitrogen and oxygen atoms in total. The van der Waals surface area contributed by atoms with Crippen molar-refractivity contribution in [3.8, 4) is 0 Å². The van der Waals surface area contributed by atoms with E-state index in [-0.39, 0.29) is 30.4 Å². The third-order valence-corrected chi connectivity index (χ3v) is 5.30. The number of rotatable bonds is 6. The molecule has 0 aliphatic carbocycles. The highest BCUT2D eigenvalue weighted by atomic mass is 19.1. The Hall–Kier alpha value is -3.93. The van der Waals surface area contributed by atoms with Crippen LogP contribution in [0.1, 0.15) is 23.6 Å². The highest BCUT2D eigenvalue weighted by Gasteiger charge is 2.18. The van der Waals surface area contributed by atoms with Crippen LogP contribution in [0.2, 0.25) is 0 Å². The zero-order valence-electron chi connectivity index (χ0n) is 17.7. The largest absolute Gasteiger partial charge is 0.464 e. The maximum atomic E-state index is 13.3. The number of urea groups is 1. The summed E-state index contributed by atoms with van der Waals surface area (Å²) in [7, 11) is 0. The molecule has 0 spiro atoms. The third kappa shape index (κ3) is 4.86. The maximum Gasteiger partial charge on any atom is 0.322 e. The minimum atomic E-state index is -0.369. The lowest BCUT2D eigenvalue weighted by atomic mass is 10.1. The Morgan fingerprint density at radius 1 is 0.938 bits per heavy atom. The zero-order chi connectivity index (χ0) is 22.5. The van der Waals surface area contributed by atoms with Gasteiger partial charge in [-0.1, -0.05) is 43.3 Å². The van der Waals surface area contributed by atoms with Crippen LogP contribution in [0.5, 0.6) is 0 Å². The molecule has 0 saturated carbocycles. The summed E-state index contributed by atoms with van der Waals surface area (Å²) in [5.41, 5.74) is 3.24. The predicted molar refractivity (Wildman–Crippen MR) is 123 cm³/mol. The predicted octanol–water partition coefficient (Wildman–Crippen LogP) is 5.73. The highest BCUT2D eigenvalue weighted by Crippen LogP contribution is 2.16. The number of carbonyl (C=O) groups is 1. The average Bonchev–Trinajstić information content (AvgIpc) is 2.82. The monoisotopic (exact) mass is 430 g/mol. The second kappa shape index (κ2) is 9.47. The van der Waals surface area contributed by atoms with Gasteiger partial charge in [0.15, 0.2) is 5.43 Å². The van der Waals surface area contributed by atoms with Crippen LogP contribution < -0.4 is 10.7 Å². The lowest BCUT2D eigenvalue weighted by Crippen LogP contribution is -2.35. The second-order valence-corrected chi connectivity index (χ2v) is 7.55. The van der Waals surface area contributed by atoms with E-state index in [1.54, 1.807) is 36.4 Å². The standard InChI is InChI=1S/C26H23FN2O3/c1-2-18-9-13-22(14-10-18)28-26(31)29(15-19-7-11-21(27)12-8-19)16-20-17-32-24-6-4-3-5-23(24)25(20)30/h3-14,17H,2,15-16H2,1H3,(H,28,31). The van der Waals surface area contributed by atoms with Gasteiger partial charge in [-0.05, 0) is 53.9 Å². The quantitative estimate of drug-likeness (QED) is 0.425. The number of hydrogen-bond donors (Lipinski definition) is 1. The van der Waals surface area contributed by atoms with Crippen molar-refractivity contribution in [3.63, 3.8) is 0 Å². The molecule has 32 heavy (non-hydrogen) atoms. The molecule has 0 unspecified atom stereocenters. The first kappa shape index (κ1) is 21.3. The van der Waals surface area contributed by atoms with Gasteiger partial charge in [0.1, 0.15) is 11.4 Å². The molecule has 1 N–H and O–H groups in total. The van der Waals surface area contributed by atoms with Crippen LogP contribution in [0, 0.1) is 5.82 Å². The van der Waals surface area contributed by atoms with Crippen molar-refractivity contribution in [1.29, 1.82) is 0 Å². The van der Waals surface area contributed by atoms with Gasteiger partial charge in [0, 0.05) is 12.2 Å². The molecular formula is C26H23FN2O3. The summed E-state index contributed by atoms with van der Waals surface area (Å²) in [5.74, 6) is -0.351. The number of nitrogens with one attached hydrogen (secondary N) is 1. The van der Waals surface area contributed by atoms with E-state index in [4.69, 9.17) is 4.42 Å². The Morgan fingerprint density at radius 2 is 1.62 bits per heavy atom. The van der Waals surface area contributed by atoms with E-state index in [0.717, 1.165) is 12.0 Å². The van der Waals surface area contributed by atoms with Crippen molar-refractivity contribution in [3.05, 3.63) is 112 Å². The van der Waals surface area contributed by atoms with Gasteiger partial charge in [0.25, 0.3) is 0 Å². The third-order valence-electron chi connectivity index (χ3n) is 5.30. The summed E-state index contributed by atoms with van der Waals surface area (Å²) < 4.78 is 18.9. The van der Waals surface area contributed by atoms with Crippen LogP contribution >= 0.6 is 0 Å². The summed E-state index contributed by atoms with van der Waals surface area (Å²) in [6, 6.07) is 20.2. The van der Waals surface area contributed by atoms with Crippen molar-refractivity contribution in [1.82, 2.24) is 4.90 Å². The number of aryl methyl sites for hydroxylation is 1. The van der Waals surface area contributed by atoms with E-state index < -0.39 is 0 Å². The van der Waals surface area contributed by atoms with Gasteiger partial charge in [-0.2, -0.15) is 0 Å². The van der Waals surface area contributed by atoms with Crippen molar-refractivity contribution in [2.24, 2.45) is 0 Å². The molecule has 0 saturated heterocycles. The Bertz CT molecular complexity index is 1280. The molecular weight excluding hydrogens is 407 g/mol. The van der Waals surface area contributed by atoms with Gasteiger partial charge in [0.2, 0.25) is 0 Å². The van der Waals surface area contributed by atoms with Crippen LogP contribution in [-0.2, 0) is 19.5 Å². The first-order valence-electron chi connectivity index (χ1n) is 10.4. The Balaban J connectivity index is 1.62. The molecule has 6 heteroatoms. The number of hydrogen-bond acceptors (Lipinski definition) is 3. The molecule has 0 aliphatic rings. The van der Waals surface area contributed by atoms with Gasteiger partial charge in [-0.3, -0.25) is 4.79 Å². The maximum absolute atomic E-state index is 13.3. The summed E-state index contributed by atoms with van der Waals surface area (Å²) in [5, 5.41) is 3.34. The number of amides is 2. The smallest absolute Gasteiger partial charge is 0.322 e. The van der Waals surface area contributed by atoms with Gasteiger partial charge in [0.05, 0.1) is 23.8 Å². The number of para-hydroxylation sites is 1. The second-order valence-electron chi connectivity index (χ2n) is 7.55. The van der Waals surface area contributed by atoms with Crippen molar-refractivity contribution in [2.75, 3.05) is 5.32 Å². The van der Waals surface area contributed by atoms with Crippen molar-refractivity contribution < 1.29 is 13.6 Å². The zero-order valence-corrected chi connectivity index (χ0v) is 17.7. The SMILES string of the molecule is CCc1ccc(NC(=O)N(Cc2ccc(F)cc2)Cc2coc3ccccc3c2=O)cc1. The Kier molecular flexibility index (Phi) is 6.31. The first-order valence-corrected chi connectivity index (χ1v) is 10.4. The van der Waals surface area contributed by atoms with Crippen molar-refractivity contribution in [2.45, 2.75) is 26.4 Å². The minimum absolute atomic E-state index is 0.0451. The lowest BCUT2D eigenvalue weighted by molar-refractivity contribution is 0.206. The van der Waals surface area contributed by atoms with E-state index >= 15 is 0 Å². The van der Waals surface area contributed by atoms with Crippen LogP contribution in [0.3, 0.4) is 0 Å². The molecule has 0 radical (unpaired) electrons.